The van der Waals surface area contributed by atoms with Crippen molar-refractivity contribution in [3.8, 4) is 0 Å². The predicted molar refractivity (Wildman–Crippen MR) is 122 cm³/mol. The number of aromatic nitrogens is 2. The maximum atomic E-state index is 13.8. The van der Waals surface area contributed by atoms with Gasteiger partial charge in [-0.15, -0.1) is 0 Å². The van der Waals surface area contributed by atoms with Gasteiger partial charge in [-0.1, -0.05) is 12.1 Å². The molecule has 1 amide bonds. The van der Waals surface area contributed by atoms with Crippen molar-refractivity contribution in [2.45, 2.75) is 45.9 Å². The number of amides is 1. The van der Waals surface area contributed by atoms with Crippen LogP contribution in [0.3, 0.4) is 0 Å². The van der Waals surface area contributed by atoms with E-state index in [1.807, 2.05) is 39.0 Å². The monoisotopic (exact) mass is 442 g/mol. The van der Waals surface area contributed by atoms with E-state index in [4.69, 9.17) is 4.74 Å². The summed E-state index contributed by atoms with van der Waals surface area (Å²) in [5, 5.41) is 11.3. The van der Waals surface area contributed by atoms with Gasteiger partial charge in [0.15, 0.2) is 0 Å². The van der Waals surface area contributed by atoms with Gasteiger partial charge in [-0.3, -0.25) is 4.90 Å². The largest absolute Gasteiger partial charge is 0.444 e. The third-order valence-corrected chi connectivity index (χ3v) is 5.85. The van der Waals surface area contributed by atoms with E-state index in [0.29, 0.717) is 13.1 Å². The number of pyridine rings is 1. The Morgan fingerprint density at radius 3 is 2.53 bits per heavy atom. The third-order valence-electron chi connectivity index (χ3n) is 5.85. The molecule has 0 atom stereocenters. The highest BCUT2D eigenvalue weighted by Gasteiger charge is 2.25. The van der Waals surface area contributed by atoms with Crippen LogP contribution in [0.15, 0.2) is 30.5 Å². The number of nitrogens with zero attached hydrogens (tertiary/aromatic N) is 4. The highest BCUT2D eigenvalue weighted by Crippen LogP contribution is 2.30. The predicted octanol–water partition coefficient (Wildman–Crippen LogP) is 3.76. The molecule has 7 nitrogen and oxygen atoms in total. The smallest absolute Gasteiger partial charge is 0.410 e. The van der Waals surface area contributed by atoms with Gasteiger partial charge in [-0.25, -0.2) is 9.78 Å². The van der Waals surface area contributed by atoms with Crippen LogP contribution in [-0.2, 0) is 17.9 Å². The number of aliphatic hydroxyl groups is 1. The summed E-state index contributed by atoms with van der Waals surface area (Å²) >= 11 is 0. The van der Waals surface area contributed by atoms with Gasteiger partial charge in [0.25, 0.3) is 0 Å². The van der Waals surface area contributed by atoms with E-state index < -0.39 is 11.5 Å². The lowest BCUT2D eigenvalue weighted by atomic mass is 10.1. The molecule has 1 saturated heterocycles. The number of hydrogen-bond donors (Lipinski definition) is 1. The van der Waals surface area contributed by atoms with Gasteiger partial charge in [0.2, 0.25) is 5.95 Å². The van der Waals surface area contributed by atoms with Gasteiger partial charge in [0.1, 0.15) is 5.60 Å². The van der Waals surface area contributed by atoms with Crippen LogP contribution in [0.2, 0.25) is 0 Å². The Kier molecular flexibility index (Phi) is 6.35. The second-order valence-electron chi connectivity index (χ2n) is 9.35. The lowest BCUT2D eigenvalue weighted by molar-refractivity contribution is 0.0144. The summed E-state index contributed by atoms with van der Waals surface area (Å²) in [6, 6.07) is 7.25. The molecule has 0 saturated carbocycles. The Hall–Kier alpha value is -2.71. The molecule has 1 fully saturated rings. The Labute approximate surface area is 187 Å². The molecule has 1 aliphatic rings. The zero-order valence-electron chi connectivity index (χ0n) is 19.0. The molecule has 1 aliphatic heterocycles. The second-order valence-corrected chi connectivity index (χ2v) is 9.35. The van der Waals surface area contributed by atoms with Gasteiger partial charge in [-0.05, 0) is 45.4 Å². The molecule has 3 heterocycles. The van der Waals surface area contributed by atoms with Crippen LogP contribution in [0.25, 0.3) is 21.8 Å². The van der Waals surface area contributed by atoms with Crippen LogP contribution in [0.4, 0.5) is 9.18 Å². The lowest BCUT2D eigenvalue weighted by Gasteiger charge is -2.35. The number of hydrogen-bond acceptors (Lipinski definition) is 5. The fraction of sp³-hybridized carbons (Fsp3) is 0.500. The van der Waals surface area contributed by atoms with Gasteiger partial charge >= 0.3 is 6.09 Å². The maximum Gasteiger partial charge on any atom is 0.410 e. The first kappa shape index (κ1) is 22.5. The molecule has 0 radical (unpaired) electrons. The summed E-state index contributed by atoms with van der Waals surface area (Å²) < 4.78 is 21.4. The summed E-state index contributed by atoms with van der Waals surface area (Å²) in [7, 11) is 0. The third kappa shape index (κ3) is 4.86. The summed E-state index contributed by atoms with van der Waals surface area (Å²) in [6.07, 6.45) is 2.25. The topological polar surface area (TPSA) is 70.8 Å². The van der Waals surface area contributed by atoms with Crippen molar-refractivity contribution in [2.24, 2.45) is 0 Å². The molecule has 172 valence electrons. The van der Waals surface area contributed by atoms with Crippen molar-refractivity contribution in [1.82, 2.24) is 19.4 Å². The standard InChI is InChI=1S/C24H31FN4O3/c1-24(2,3)32-23(31)28-11-9-27(10-12-28)7-4-8-29-20-13-17(16-30)5-6-18(20)19-14-22(25)26-15-21(19)29/h5-6,13-15,30H,4,7-12,16H2,1-3H3. The molecule has 1 aromatic carbocycles. The number of benzene rings is 1. The summed E-state index contributed by atoms with van der Waals surface area (Å²) in [5.41, 5.74) is 2.22. The van der Waals surface area contributed by atoms with Crippen molar-refractivity contribution < 1.29 is 19.0 Å². The highest BCUT2D eigenvalue weighted by molar-refractivity contribution is 6.07. The van der Waals surface area contributed by atoms with Crippen LogP contribution < -0.4 is 0 Å². The average Bonchev–Trinajstić information content (AvgIpc) is 3.05. The fourth-order valence-electron chi connectivity index (χ4n) is 4.28. The molecule has 0 unspecified atom stereocenters. The van der Waals surface area contributed by atoms with E-state index in [1.54, 1.807) is 11.1 Å². The SMILES string of the molecule is CC(C)(C)OC(=O)N1CCN(CCCn2c3cnc(F)cc3c3ccc(CO)cc32)CC1. The minimum Gasteiger partial charge on any atom is -0.444 e. The van der Waals surface area contributed by atoms with Crippen LogP contribution in [0, 0.1) is 5.95 Å². The molecule has 2 aromatic heterocycles. The Morgan fingerprint density at radius 2 is 1.84 bits per heavy atom. The van der Waals surface area contributed by atoms with Crippen molar-refractivity contribution in [3.63, 3.8) is 0 Å². The van der Waals surface area contributed by atoms with Gasteiger partial charge in [-0.2, -0.15) is 4.39 Å². The summed E-state index contributed by atoms with van der Waals surface area (Å²) in [5.74, 6) is -0.495. The van der Waals surface area contributed by atoms with E-state index in [9.17, 15) is 14.3 Å². The van der Waals surface area contributed by atoms with Crippen molar-refractivity contribution in [3.05, 3.63) is 42.0 Å². The van der Waals surface area contributed by atoms with Gasteiger partial charge in [0, 0.05) is 55.1 Å². The molecular weight excluding hydrogens is 411 g/mol. The van der Waals surface area contributed by atoms with Crippen LogP contribution in [0.5, 0.6) is 0 Å². The van der Waals surface area contributed by atoms with Gasteiger partial charge < -0.3 is 19.3 Å². The van der Waals surface area contributed by atoms with E-state index in [-0.39, 0.29) is 12.7 Å². The molecule has 0 aliphatic carbocycles. The van der Waals surface area contributed by atoms with Crippen molar-refractivity contribution in [1.29, 1.82) is 0 Å². The van der Waals surface area contributed by atoms with Crippen molar-refractivity contribution in [2.75, 3.05) is 32.7 Å². The van der Waals surface area contributed by atoms with E-state index in [2.05, 4.69) is 14.5 Å². The lowest BCUT2D eigenvalue weighted by Crippen LogP contribution is -2.50. The second kappa shape index (κ2) is 9.03. The zero-order chi connectivity index (χ0) is 22.9. The first-order valence-corrected chi connectivity index (χ1v) is 11.1. The Bertz CT molecular complexity index is 1110. The van der Waals surface area contributed by atoms with Crippen molar-refractivity contribution >= 4 is 27.9 Å². The number of carbonyl (C=O) groups excluding carboxylic acids is 1. The molecule has 1 N–H and O–H groups in total. The number of piperazine rings is 1. The number of aryl methyl sites for hydroxylation is 1. The Morgan fingerprint density at radius 1 is 1.09 bits per heavy atom. The number of rotatable bonds is 5. The number of ether oxygens (including phenoxy) is 1. The number of aliphatic hydroxyl groups excluding tert-OH is 1. The summed E-state index contributed by atoms with van der Waals surface area (Å²) in [4.78, 5) is 20.2. The van der Waals surface area contributed by atoms with E-state index in [0.717, 1.165) is 60.0 Å². The molecule has 3 aromatic rings. The fourth-order valence-corrected chi connectivity index (χ4v) is 4.28. The Balaban J connectivity index is 1.41. The van der Waals surface area contributed by atoms with Crippen LogP contribution in [-0.4, -0.2) is 68.9 Å². The van der Waals surface area contributed by atoms with Gasteiger partial charge in [0.05, 0.1) is 18.3 Å². The molecule has 0 bridgehead atoms. The average molecular weight is 443 g/mol. The molecular formula is C24H31FN4O3. The minimum atomic E-state index is -0.495. The minimum absolute atomic E-state index is 0.0357. The van der Waals surface area contributed by atoms with Crippen LogP contribution >= 0.6 is 0 Å². The van der Waals surface area contributed by atoms with Crippen LogP contribution in [0.1, 0.15) is 32.8 Å². The molecule has 0 spiro atoms. The molecule has 32 heavy (non-hydrogen) atoms. The quantitative estimate of drug-likeness (QED) is 0.609. The first-order chi connectivity index (χ1) is 15.2. The number of fused-ring (bicyclic) bond motifs is 3. The van der Waals surface area contributed by atoms with E-state index >= 15 is 0 Å². The maximum absolute atomic E-state index is 13.8. The highest BCUT2D eigenvalue weighted by atomic mass is 19.1. The zero-order valence-corrected chi connectivity index (χ0v) is 19.0. The summed E-state index contributed by atoms with van der Waals surface area (Å²) in [6.45, 7) is 10.2. The number of carbonyl (C=O) groups is 1. The number of halogens is 1. The molecule has 8 heteroatoms. The van der Waals surface area contributed by atoms with E-state index in [1.165, 1.54) is 6.07 Å². The normalized spacial score (nSPS) is 15.6. The molecule has 4 rings (SSSR count). The first-order valence-electron chi connectivity index (χ1n) is 11.1.